The topological polar surface area (TPSA) is 57.6 Å². The molecule has 1 N–H and O–H groups in total. The first-order valence-electron chi connectivity index (χ1n) is 10.5. The highest BCUT2D eigenvalue weighted by atomic mass is 16.3. The van der Waals surface area contributed by atoms with Crippen LogP contribution in [-0.2, 0) is 15.0 Å². The quantitative estimate of drug-likeness (QED) is 0.644. The zero-order chi connectivity index (χ0) is 21.1. The Morgan fingerprint density at radius 2 is 1.79 bits per heavy atom. The lowest BCUT2D eigenvalue weighted by atomic mass is 9.85. The van der Waals surface area contributed by atoms with Gasteiger partial charge < -0.3 is 10.0 Å². The average Bonchev–Trinajstić information content (AvgIpc) is 2.89. The summed E-state index contributed by atoms with van der Waals surface area (Å²) in [5, 5.41) is 10.4. The number of nitrogens with zero attached hydrogens (tertiary/aromatic N) is 1. The fourth-order valence-electron chi connectivity index (χ4n) is 3.91. The maximum atomic E-state index is 12.8. The van der Waals surface area contributed by atoms with Gasteiger partial charge in [-0.2, -0.15) is 0 Å². The number of hydrogen-bond donors (Lipinski definition) is 1. The standard InChI is InChI=1S/C24H35NO3/c1-7-9-10-17(8-2)15-25-21(20(16(3)26)22(27)23(25)28)18-11-13-19(14-12-18)24(4,5)6/h11-14,17,21,27H,7-10,15H2,1-6H3/t17-,21-/m0/s1. The molecular formula is C24H35NO3. The van der Waals surface area contributed by atoms with Crippen LogP contribution in [0.4, 0.5) is 0 Å². The Hall–Kier alpha value is -2.10. The average molecular weight is 386 g/mol. The summed E-state index contributed by atoms with van der Waals surface area (Å²) in [5.74, 6) is -0.702. The number of aliphatic hydroxyl groups excluding tert-OH is 1. The van der Waals surface area contributed by atoms with Crippen molar-refractivity contribution >= 4 is 11.7 Å². The van der Waals surface area contributed by atoms with Gasteiger partial charge in [-0.25, -0.2) is 0 Å². The first kappa shape index (κ1) is 22.2. The SMILES string of the molecule is CCCC[C@H](CC)CN1C(=O)C(O)=C(C(C)=O)[C@@H]1c1ccc(C(C)(C)C)cc1. The molecule has 2 atom stereocenters. The number of carbonyl (C=O) groups excluding carboxylic acids is 2. The summed E-state index contributed by atoms with van der Waals surface area (Å²) in [4.78, 5) is 26.8. The molecule has 0 aromatic heterocycles. The molecule has 1 amide bonds. The molecule has 0 spiro atoms. The van der Waals surface area contributed by atoms with Crippen molar-refractivity contribution in [3.05, 3.63) is 46.7 Å². The minimum Gasteiger partial charge on any atom is -0.503 e. The summed E-state index contributed by atoms with van der Waals surface area (Å²) in [7, 11) is 0. The van der Waals surface area contributed by atoms with Crippen LogP contribution >= 0.6 is 0 Å². The third-order valence-corrected chi connectivity index (χ3v) is 5.77. The molecule has 0 saturated heterocycles. The van der Waals surface area contributed by atoms with Crippen LogP contribution in [0.1, 0.15) is 84.4 Å². The van der Waals surface area contributed by atoms with Crippen molar-refractivity contribution in [1.29, 1.82) is 0 Å². The minimum absolute atomic E-state index is 0.0263. The van der Waals surface area contributed by atoms with Crippen LogP contribution < -0.4 is 0 Å². The van der Waals surface area contributed by atoms with Gasteiger partial charge in [0.15, 0.2) is 11.5 Å². The molecule has 0 saturated carbocycles. The molecule has 1 heterocycles. The Bertz CT molecular complexity index is 740. The van der Waals surface area contributed by atoms with Crippen LogP contribution in [-0.4, -0.2) is 28.2 Å². The van der Waals surface area contributed by atoms with Gasteiger partial charge in [0.1, 0.15) is 0 Å². The lowest BCUT2D eigenvalue weighted by Crippen LogP contribution is -2.35. The van der Waals surface area contributed by atoms with Crippen molar-refractivity contribution in [2.24, 2.45) is 5.92 Å². The zero-order valence-corrected chi connectivity index (χ0v) is 18.2. The fourth-order valence-corrected chi connectivity index (χ4v) is 3.91. The Labute approximate surface area is 169 Å². The molecule has 1 aromatic rings. The summed E-state index contributed by atoms with van der Waals surface area (Å²) >= 11 is 0. The molecule has 0 aliphatic carbocycles. The lowest BCUT2D eigenvalue weighted by Gasteiger charge is -2.30. The van der Waals surface area contributed by atoms with E-state index < -0.39 is 11.9 Å². The smallest absolute Gasteiger partial charge is 0.290 e. The highest BCUT2D eigenvalue weighted by Crippen LogP contribution is 2.39. The van der Waals surface area contributed by atoms with Crippen LogP contribution in [0.2, 0.25) is 0 Å². The van der Waals surface area contributed by atoms with Crippen molar-refractivity contribution in [3.63, 3.8) is 0 Å². The van der Waals surface area contributed by atoms with E-state index >= 15 is 0 Å². The molecule has 1 aliphatic rings. The molecule has 4 nitrogen and oxygen atoms in total. The van der Waals surface area contributed by atoms with E-state index in [1.807, 2.05) is 12.1 Å². The van der Waals surface area contributed by atoms with E-state index in [0.717, 1.165) is 31.2 Å². The second-order valence-electron chi connectivity index (χ2n) is 8.97. The number of aliphatic hydroxyl groups is 1. The molecule has 4 heteroatoms. The Balaban J connectivity index is 2.41. The number of ketones is 1. The largest absolute Gasteiger partial charge is 0.503 e. The fraction of sp³-hybridized carbons (Fsp3) is 0.583. The van der Waals surface area contributed by atoms with Crippen LogP contribution in [0.15, 0.2) is 35.6 Å². The number of rotatable bonds is 8. The summed E-state index contributed by atoms with van der Waals surface area (Å²) in [6.45, 7) is 12.7. The summed E-state index contributed by atoms with van der Waals surface area (Å²) in [6, 6.07) is 7.58. The van der Waals surface area contributed by atoms with E-state index in [2.05, 4.69) is 46.8 Å². The Morgan fingerprint density at radius 1 is 1.18 bits per heavy atom. The molecule has 0 fully saturated rings. The number of carbonyl (C=O) groups is 2. The molecule has 0 bridgehead atoms. The van der Waals surface area contributed by atoms with Gasteiger partial charge in [0.05, 0.1) is 11.6 Å². The molecule has 1 aliphatic heterocycles. The van der Waals surface area contributed by atoms with E-state index in [4.69, 9.17) is 0 Å². The van der Waals surface area contributed by atoms with E-state index in [1.54, 1.807) is 4.90 Å². The molecule has 154 valence electrons. The van der Waals surface area contributed by atoms with Crippen molar-refractivity contribution in [2.75, 3.05) is 6.54 Å². The van der Waals surface area contributed by atoms with E-state index in [0.29, 0.717) is 12.5 Å². The van der Waals surface area contributed by atoms with Gasteiger partial charge >= 0.3 is 0 Å². The minimum atomic E-state index is -0.505. The summed E-state index contributed by atoms with van der Waals surface area (Å²) in [5.41, 5.74) is 2.32. The molecule has 0 unspecified atom stereocenters. The van der Waals surface area contributed by atoms with Crippen LogP contribution in [0.25, 0.3) is 0 Å². The van der Waals surface area contributed by atoms with Gasteiger partial charge in [0.25, 0.3) is 5.91 Å². The molecule has 1 aromatic carbocycles. The normalized spacial score (nSPS) is 18.7. The van der Waals surface area contributed by atoms with E-state index in [1.165, 1.54) is 12.5 Å². The van der Waals surface area contributed by atoms with Crippen LogP contribution in [0.5, 0.6) is 0 Å². The first-order chi connectivity index (χ1) is 13.1. The van der Waals surface area contributed by atoms with E-state index in [-0.39, 0.29) is 22.5 Å². The van der Waals surface area contributed by atoms with Crippen molar-refractivity contribution in [1.82, 2.24) is 4.90 Å². The predicted octanol–water partition coefficient (Wildman–Crippen LogP) is 5.48. The highest BCUT2D eigenvalue weighted by Gasteiger charge is 2.42. The van der Waals surface area contributed by atoms with Crippen molar-refractivity contribution in [3.8, 4) is 0 Å². The summed E-state index contributed by atoms with van der Waals surface area (Å²) < 4.78 is 0. The molecule has 28 heavy (non-hydrogen) atoms. The van der Waals surface area contributed by atoms with Gasteiger partial charge in [0, 0.05) is 6.54 Å². The van der Waals surface area contributed by atoms with Crippen LogP contribution in [0.3, 0.4) is 0 Å². The number of Topliss-reactive ketones (excluding diaryl/α,β-unsaturated/α-hetero) is 1. The molecule has 0 radical (unpaired) electrons. The molecular weight excluding hydrogens is 350 g/mol. The number of unbranched alkanes of at least 4 members (excludes halogenated alkanes) is 1. The predicted molar refractivity (Wildman–Crippen MR) is 113 cm³/mol. The van der Waals surface area contributed by atoms with Gasteiger partial charge in [-0.3, -0.25) is 9.59 Å². The van der Waals surface area contributed by atoms with Gasteiger partial charge in [0.2, 0.25) is 0 Å². The summed E-state index contributed by atoms with van der Waals surface area (Å²) in [6.07, 6.45) is 4.24. The van der Waals surface area contributed by atoms with Gasteiger partial charge in [-0.1, -0.05) is 78.1 Å². The highest BCUT2D eigenvalue weighted by molar-refractivity contribution is 6.08. The van der Waals surface area contributed by atoms with Crippen molar-refractivity contribution in [2.45, 2.75) is 78.7 Å². The monoisotopic (exact) mass is 385 g/mol. The van der Waals surface area contributed by atoms with Crippen molar-refractivity contribution < 1.29 is 14.7 Å². The second-order valence-corrected chi connectivity index (χ2v) is 8.97. The lowest BCUT2D eigenvalue weighted by molar-refractivity contribution is -0.130. The number of hydrogen-bond acceptors (Lipinski definition) is 3. The molecule has 2 rings (SSSR count). The maximum Gasteiger partial charge on any atom is 0.290 e. The first-order valence-corrected chi connectivity index (χ1v) is 10.5. The number of amides is 1. The Morgan fingerprint density at radius 3 is 2.25 bits per heavy atom. The zero-order valence-electron chi connectivity index (χ0n) is 18.2. The second kappa shape index (κ2) is 8.93. The van der Waals surface area contributed by atoms with Crippen LogP contribution in [0, 0.1) is 5.92 Å². The van der Waals surface area contributed by atoms with E-state index in [9.17, 15) is 14.7 Å². The third-order valence-electron chi connectivity index (χ3n) is 5.77. The maximum absolute atomic E-state index is 12.8. The number of benzene rings is 1. The van der Waals surface area contributed by atoms with Gasteiger partial charge in [-0.15, -0.1) is 0 Å². The Kier molecular flexibility index (Phi) is 7.08. The third kappa shape index (κ3) is 4.65. The van der Waals surface area contributed by atoms with Gasteiger partial charge in [-0.05, 0) is 35.8 Å².